The fourth-order valence-electron chi connectivity index (χ4n) is 0.879. The molecule has 1 N–H and O–H groups in total. The van der Waals surface area contributed by atoms with Crippen LogP contribution in [0.15, 0.2) is 11.6 Å². The normalized spacial score (nSPS) is 13.7. The zero-order valence-corrected chi connectivity index (χ0v) is 8.68. The van der Waals surface area contributed by atoms with Gasteiger partial charge in [-0.25, -0.2) is 0 Å². The van der Waals surface area contributed by atoms with Crippen LogP contribution in [0.2, 0.25) is 0 Å². The summed E-state index contributed by atoms with van der Waals surface area (Å²) in [6.45, 7) is 7.13. The third-order valence-corrected chi connectivity index (χ3v) is 1.83. The lowest BCUT2D eigenvalue weighted by Crippen LogP contribution is -2.28. The van der Waals surface area contributed by atoms with Crippen molar-refractivity contribution in [3.63, 3.8) is 0 Å². The van der Waals surface area contributed by atoms with Crippen molar-refractivity contribution < 1.29 is 9.59 Å². The highest BCUT2D eigenvalue weighted by molar-refractivity contribution is 6.03. The molecular formula is C10H17NO2. The first-order chi connectivity index (χ1) is 5.97. The second kappa shape index (κ2) is 5.51. The standard InChI is InChI=1S/C10H17NO2/c1-5-7(2)6-8(3)10(13)11-9(4)12/h6-7H,5H2,1-4H3,(H,11,12,13)/b8-6-. The van der Waals surface area contributed by atoms with Crippen LogP contribution in [0.25, 0.3) is 0 Å². The minimum absolute atomic E-state index is 0.298. The van der Waals surface area contributed by atoms with E-state index in [1.807, 2.05) is 13.0 Å². The molecule has 13 heavy (non-hydrogen) atoms. The van der Waals surface area contributed by atoms with Crippen LogP contribution in [0.1, 0.15) is 34.1 Å². The predicted octanol–water partition coefficient (Wildman–Crippen LogP) is 1.64. The van der Waals surface area contributed by atoms with Gasteiger partial charge in [0.15, 0.2) is 0 Å². The molecule has 0 aromatic carbocycles. The van der Waals surface area contributed by atoms with Crippen molar-refractivity contribution in [2.45, 2.75) is 34.1 Å². The first kappa shape index (κ1) is 11.9. The summed E-state index contributed by atoms with van der Waals surface area (Å²) in [6, 6.07) is 0. The molecular weight excluding hydrogens is 166 g/mol. The highest BCUT2D eigenvalue weighted by atomic mass is 16.2. The molecule has 74 valence electrons. The number of carbonyl (C=O) groups is 2. The van der Waals surface area contributed by atoms with Crippen molar-refractivity contribution in [2.24, 2.45) is 5.92 Å². The molecule has 0 aliphatic heterocycles. The minimum Gasteiger partial charge on any atom is -0.293 e. The molecule has 0 spiro atoms. The van der Waals surface area contributed by atoms with Crippen LogP contribution in [0, 0.1) is 5.92 Å². The maximum absolute atomic E-state index is 11.2. The van der Waals surface area contributed by atoms with Gasteiger partial charge in [-0.15, -0.1) is 0 Å². The van der Waals surface area contributed by atoms with Gasteiger partial charge in [-0.3, -0.25) is 14.9 Å². The lowest BCUT2D eigenvalue weighted by Gasteiger charge is -2.04. The van der Waals surface area contributed by atoms with Gasteiger partial charge in [0.05, 0.1) is 0 Å². The Bertz CT molecular complexity index is 231. The first-order valence-electron chi connectivity index (χ1n) is 4.47. The van der Waals surface area contributed by atoms with E-state index < -0.39 is 0 Å². The van der Waals surface area contributed by atoms with Gasteiger partial charge >= 0.3 is 0 Å². The minimum atomic E-state index is -0.318. The van der Waals surface area contributed by atoms with Gasteiger partial charge in [-0.2, -0.15) is 0 Å². The van der Waals surface area contributed by atoms with E-state index in [0.29, 0.717) is 11.5 Å². The Morgan fingerprint density at radius 2 is 1.92 bits per heavy atom. The molecule has 0 aliphatic rings. The van der Waals surface area contributed by atoms with Crippen molar-refractivity contribution in [3.05, 3.63) is 11.6 Å². The summed E-state index contributed by atoms with van der Waals surface area (Å²) in [5, 5.41) is 2.23. The molecule has 0 fully saturated rings. The maximum Gasteiger partial charge on any atom is 0.253 e. The molecule has 0 bridgehead atoms. The molecule has 0 aromatic heterocycles. The summed E-state index contributed by atoms with van der Waals surface area (Å²) >= 11 is 0. The van der Waals surface area contributed by atoms with E-state index in [9.17, 15) is 9.59 Å². The molecule has 1 unspecified atom stereocenters. The molecule has 0 saturated heterocycles. The second-order valence-electron chi connectivity index (χ2n) is 3.25. The number of allylic oxidation sites excluding steroid dienone is 1. The van der Waals surface area contributed by atoms with E-state index in [2.05, 4.69) is 12.2 Å². The maximum atomic E-state index is 11.2. The lowest BCUT2D eigenvalue weighted by molar-refractivity contribution is -0.127. The molecule has 0 aromatic rings. The van der Waals surface area contributed by atoms with E-state index in [1.54, 1.807) is 6.92 Å². The summed E-state index contributed by atoms with van der Waals surface area (Å²) in [6.07, 6.45) is 2.86. The Hall–Kier alpha value is -1.12. The summed E-state index contributed by atoms with van der Waals surface area (Å²) in [5.41, 5.74) is 0.601. The molecule has 0 heterocycles. The number of hydrogen-bond donors (Lipinski definition) is 1. The van der Waals surface area contributed by atoms with Gasteiger partial charge in [0.2, 0.25) is 5.91 Å². The second-order valence-corrected chi connectivity index (χ2v) is 3.25. The molecule has 3 heteroatoms. The Morgan fingerprint density at radius 3 is 2.31 bits per heavy atom. The number of hydrogen-bond acceptors (Lipinski definition) is 2. The van der Waals surface area contributed by atoms with E-state index >= 15 is 0 Å². The molecule has 2 amide bonds. The molecule has 3 nitrogen and oxygen atoms in total. The van der Waals surface area contributed by atoms with Crippen molar-refractivity contribution >= 4 is 11.8 Å². The highest BCUT2D eigenvalue weighted by Crippen LogP contribution is 2.06. The molecule has 0 saturated carbocycles. The first-order valence-corrected chi connectivity index (χ1v) is 4.47. The van der Waals surface area contributed by atoms with Crippen molar-refractivity contribution in [1.82, 2.24) is 5.32 Å². The Labute approximate surface area is 79.2 Å². The van der Waals surface area contributed by atoms with Crippen molar-refractivity contribution in [2.75, 3.05) is 0 Å². The smallest absolute Gasteiger partial charge is 0.253 e. The van der Waals surface area contributed by atoms with Crippen molar-refractivity contribution in [3.8, 4) is 0 Å². The average molecular weight is 183 g/mol. The Kier molecular flexibility index (Phi) is 5.04. The van der Waals surface area contributed by atoms with Crippen LogP contribution < -0.4 is 5.32 Å². The van der Waals surface area contributed by atoms with Crippen LogP contribution in [0.3, 0.4) is 0 Å². The van der Waals surface area contributed by atoms with Gasteiger partial charge in [-0.1, -0.05) is 26.3 Å². The predicted molar refractivity (Wildman–Crippen MR) is 52.0 cm³/mol. The van der Waals surface area contributed by atoms with Crippen molar-refractivity contribution in [1.29, 1.82) is 0 Å². The van der Waals surface area contributed by atoms with Gasteiger partial charge in [-0.05, 0) is 12.8 Å². The summed E-state index contributed by atoms with van der Waals surface area (Å²) in [7, 11) is 0. The third-order valence-electron chi connectivity index (χ3n) is 1.83. The summed E-state index contributed by atoms with van der Waals surface area (Å²) in [5.74, 6) is -0.243. The SMILES string of the molecule is CCC(C)/C=C(/C)C(=O)NC(C)=O. The zero-order chi connectivity index (χ0) is 10.4. The summed E-state index contributed by atoms with van der Waals surface area (Å²) < 4.78 is 0. The van der Waals surface area contributed by atoms with E-state index in [-0.39, 0.29) is 11.8 Å². The number of carbonyl (C=O) groups excluding carboxylic acids is 2. The zero-order valence-electron chi connectivity index (χ0n) is 8.68. The number of nitrogens with one attached hydrogen (secondary N) is 1. The topological polar surface area (TPSA) is 46.2 Å². The summed E-state index contributed by atoms with van der Waals surface area (Å²) in [4.78, 5) is 21.8. The van der Waals surface area contributed by atoms with Crippen LogP contribution >= 0.6 is 0 Å². The van der Waals surface area contributed by atoms with Gasteiger partial charge in [0.25, 0.3) is 5.91 Å². The molecule has 0 aliphatic carbocycles. The van der Waals surface area contributed by atoms with Gasteiger partial charge in [0.1, 0.15) is 0 Å². The quantitative estimate of drug-likeness (QED) is 0.676. The fourth-order valence-corrected chi connectivity index (χ4v) is 0.879. The average Bonchev–Trinajstić information content (AvgIpc) is 2.02. The number of rotatable bonds is 3. The molecule has 0 radical (unpaired) electrons. The number of amides is 2. The largest absolute Gasteiger partial charge is 0.293 e. The fraction of sp³-hybridized carbons (Fsp3) is 0.600. The molecule has 1 atom stereocenters. The van der Waals surface area contributed by atoms with Gasteiger partial charge < -0.3 is 0 Å². The Morgan fingerprint density at radius 1 is 1.38 bits per heavy atom. The Balaban J connectivity index is 4.24. The highest BCUT2D eigenvalue weighted by Gasteiger charge is 2.06. The monoisotopic (exact) mass is 183 g/mol. The van der Waals surface area contributed by atoms with Crippen LogP contribution in [0.5, 0.6) is 0 Å². The number of imide groups is 1. The van der Waals surface area contributed by atoms with E-state index in [1.165, 1.54) is 6.92 Å². The van der Waals surface area contributed by atoms with Crippen LogP contribution in [0.4, 0.5) is 0 Å². The van der Waals surface area contributed by atoms with Crippen LogP contribution in [-0.2, 0) is 9.59 Å². The van der Waals surface area contributed by atoms with E-state index in [4.69, 9.17) is 0 Å². The van der Waals surface area contributed by atoms with Gasteiger partial charge in [0, 0.05) is 12.5 Å². The molecule has 0 rings (SSSR count). The van der Waals surface area contributed by atoms with E-state index in [0.717, 1.165) is 6.42 Å². The van der Waals surface area contributed by atoms with Crippen LogP contribution in [-0.4, -0.2) is 11.8 Å². The third kappa shape index (κ3) is 5.17. The lowest BCUT2D eigenvalue weighted by atomic mass is 10.1.